The van der Waals surface area contributed by atoms with Crippen LogP contribution in [-0.4, -0.2) is 111 Å². The summed E-state index contributed by atoms with van der Waals surface area (Å²) in [5.41, 5.74) is -8.49. The first-order valence-electron chi connectivity index (χ1n) is 19.4. The number of amides is 1. The number of carbonyl (C=O) groups is 6. The summed E-state index contributed by atoms with van der Waals surface area (Å²) < 4.78 is 30.1. The van der Waals surface area contributed by atoms with E-state index in [1.165, 1.54) is 26.0 Å². The predicted molar refractivity (Wildman–Crippen MR) is 200 cm³/mol. The van der Waals surface area contributed by atoms with Gasteiger partial charge in [0.1, 0.15) is 23.9 Å². The van der Waals surface area contributed by atoms with E-state index >= 15 is 4.79 Å². The lowest BCUT2D eigenvalue weighted by atomic mass is 9.44. The zero-order valence-corrected chi connectivity index (χ0v) is 33.2. The third-order valence-corrected chi connectivity index (χ3v) is 13.4. The summed E-state index contributed by atoms with van der Waals surface area (Å²) in [6.07, 6.45) is -9.61. The van der Waals surface area contributed by atoms with Crippen molar-refractivity contribution in [3.8, 4) is 0 Å². The molecule has 15 heteroatoms. The Labute approximate surface area is 335 Å². The molecular formula is C43H49NO14. The first-order valence-corrected chi connectivity index (χ1v) is 19.4. The standard InChI is InChI=1S/C43H49NO14/c1-22-27(56-38(52)34(49)41(17-18-41)44-36(50)25-13-9-7-10-14-25)20-43(53)35(57-37(51)26-15-11-8-12-16-26)32-40(6,28(47)19-29-42(32,21-54-29)58-24(3)46)33(48)31(55-23(2)45)30(22)39(43,4)5/h7-16,27-29,31-32,34-35,47,49,53H,17-21H2,1-6H3,(H,44,50)/t27-,28-,29+,31+,32?,34-,35?,40+,42-,43+/m0/s1. The number of rotatable bonds is 9. The molecule has 5 aliphatic rings. The van der Waals surface area contributed by atoms with Gasteiger partial charge in [-0.25, -0.2) is 9.59 Å². The van der Waals surface area contributed by atoms with Crippen molar-refractivity contribution in [2.75, 3.05) is 6.61 Å². The van der Waals surface area contributed by atoms with Crippen LogP contribution in [0.25, 0.3) is 0 Å². The molecule has 0 aromatic heterocycles. The summed E-state index contributed by atoms with van der Waals surface area (Å²) in [7, 11) is 0. The molecule has 3 saturated carbocycles. The van der Waals surface area contributed by atoms with Crippen molar-refractivity contribution < 1.29 is 67.8 Å². The summed E-state index contributed by atoms with van der Waals surface area (Å²) >= 11 is 0. The Morgan fingerprint density at radius 3 is 2.02 bits per heavy atom. The van der Waals surface area contributed by atoms with E-state index in [0.29, 0.717) is 5.56 Å². The van der Waals surface area contributed by atoms with E-state index in [9.17, 15) is 39.3 Å². The minimum atomic E-state index is -2.35. The van der Waals surface area contributed by atoms with Crippen LogP contribution in [0.15, 0.2) is 71.8 Å². The van der Waals surface area contributed by atoms with Crippen molar-refractivity contribution in [2.45, 2.75) is 121 Å². The molecule has 0 spiro atoms. The van der Waals surface area contributed by atoms with Crippen molar-refractivity contribution in [1.29, 1.82) is 0 Å². The highest BCUT2D eigenvalue weighted by Crippen LogP contribution is 2.64. The van der Waals surface area contributed by atoms with Crippen LogP contribution in [-0.2, 0) is 42.9 Å². The maximum absolute atomic E-state index is 15.4. The molecule has 1 saturated heterocycles. The lowest BCUT2D eigenvalue weighted by molar-refractivity contribution is -0.346. The van der Waals surface area contributed by atoms with Gasteiger partial charge in [-0.1, -0.05) is 50.2 Å². The lowest BCUT2D eigenvalue weighted by Crippen LogP contribution is -2.82. The third-order valence-electron chi connectivity index (χ3n) is 13.4. The van der Waals surface area contributed by atoms with E-state index in [1.54, 1.807) is 62.4 Å². The second-order valence-corrected chi connectivity index (χ2v) is 17.1. The molecule has 15 nitrogen and oxygen atoms in total. The number of carbonyl (C=O) groups excluding carboxylic acids is 6. The Bertz CT molecular complexity index is 2060. The number of aliphatic hydroxyl groups is 3. The fourth-order valence-electron chi connectivity index (χ4n) is 9.94. The molecule has 10 atom stereocenters. The van der Waals surface area contributed by atoms with Crippen LogP contribution in [0.2, 0.25) is 0 Å². The molecule has 1 heterocycles. The molecule has 2 unspecified atom stereocenters. The van der Waals surface area contributed by atoms with Gasteiger partial charge in [-0.05, 0) is 62.1 Å². The highest BCUT2D eigenvalue weighted by atomic mass is 16.6. The quantitative estimate of drug-likeness (QED) is 0.163. The van der Waals surface area contributed by atoms with Crippen molar-refractivity contribution >= 4 is 35.6 Å². The first-order chi connectivity index (χ1) is 27.2. The second kappa shape index (κ2) is 14.4. The van der Waals surface area contributed by atoms with Crippen LogP contribution in [0, 0.1) is 16.7 Å². The summed E-state index contributed by atoms with van der Waals surface area (Å²) in [6, 6.07) is 16.1. The second-order valence-electron chi connectivity index (χ2n) is 17.1. The summed E-state index contributed by atoms with van der Waals surface area (Å²) in [5, 5.41) is 39.8. The number of hydrogen-bond acceptors (Lipinski definition) is 14. The Kier molecular flexibility index (Phi) is 10.2. The fraction of sp³-hybridized carbons (Fsp3) is 0.535. The van der Waals surface area contributed by atoms with Crippen LogP contribution in [0.1, 0.15) is 87.9 Å². The van der Waals surface area contributed by atoms with E-state index in [-0.39, 0.29) is 42.6 Å². The van der Waals surface area contributed by atoms with E-state index in [0.717, 1.165) is 13.8 Å². The van der Waals surface area contributed by atoms with Crippen LogP contribution in [0.3, 0.4) is 0 Å². The molecule has 2 aromatic carbocycles. The highest BCUT2D eigenvalue weighted by Gasteiger charge is 2.78. The highest BCUT2D eigenvalue weighted by molar-refractivity contribution is 5.96. The number of Topliss-reactive ketones (excluding diaryl/α,β-unsaturated/α-hetero) is 1. The van der Waals surface area contributed by atoms with E-state index < -0.39 is 112 Å². The van der Waals surface area contributed by atoms with Crippen LogP contribution >= 0.6 is 0 Å². The molecular weight excluding hydrogens is 754 g/mol. The zero-order valence-electron chi connectivity index (χ0n) is 33.2. The molecule has 7 rings (SSSR count). The monoisotopic (exact) mass is 803 g/mol. The van der Waals surface area contributed by atoms with Crippen molar-refractivity contribution in [3.63, 3.8) is 0 Å². The van der Waals surface area contributed by atoms with Gasteiger partial charge in [-0.2, -0.15) is 0 Å². The average Bonchev–Trinajstić information content (AvgIpc) is 3.96. The number of ether oxygens (including phenoxy) is 5. The zero-order chi connectivity index (χ0) is 42.2. The maximum Gasteiger partial charge on any atom is 0.338 e. The molecule has 2 bridgehead atoms. The van der Waals surface area contributed by atoms with Crippen LogP contribution < -0.4 is 5.32 Å². The van der Waals surface area contributed by atoms with Crippen molar-refractivity contribution in [1.82, 2.24) is 5.32 Å². The summed E-state index contributed by atoms with van der Waals surface area (Å²) in [5.74, 6) is -6.60. The Morgan fingerprint density at radius 2 is 1.48 bits per heavy atom. The van der Waals surface area contributed by atoms with Gasteiger partial charge in [0.25, 0.3) is 5.91 Å². The van der Waals surface area contributed by atoms with E-state index in [2.05, 4.69) is 5.32 Å². The minimum Gasteiger partial charge on any atom is -0.456 e. The third kappa shape index (κ3) is 6.33. The van der Waals surface area contributed by atoms with Gasteiger partial charge in [0.05, 0.1) is 35.1 Å². The molecule has 1 aliphatic heterocycles. The number of esters is 4. The van der Waals surface area contributed by atoms with Crippen LogP contribution in [0.4, 0.5) is 0 Å². The number of hydrogen-bond donors (Lipinski definition) is 4. The topological polar surface area (TPSA) is 221 Å². The number of aliphatic hydroxyl groups excluding tert-OH is 2. The Balaban J connectivity index is 1.37. The number of benzene rings is 2. The Hall–Kier alpha value is -4.96. The predicted octanol–water partition coefficient (Wildman–Crippen LogP) is 2.53. The SMILES string of the molecule is CC(=O)O[C@H]1C(=O)[C@@]2(C)C(C(OC(=O)c3ccccc3)[C@]3(O)C[C@H](OC(=O)[C@H](O)C4(NC(=O)c5ccccc5)CC4)C(C)=C1C3(C)C)[C@]1(OC(C)=O)CO[C@@H]1C[C@@H]2O. The maximum atomic E-state index is 15.4. The number of nitrogens with one attached hydrogen (secondary N) is 1. The average molecular weight is 804 g/mol. The molecule has 4 fully saturated rings. The van der Waals surface area contributed by atoms with Gasteiger partial charge >= 0.3 is 23.9 Å². The van der Waals surface area contributed by atoms with E-state index in [1.807, 2.05) is 0 Å². The van der Waals surface area contributed by atoms with Crippen LogP contribution in [0.5, 0.6) is 0 Å². The minimum absolute atomic E-state index is 0.0217. The molecule has 58 heavy (non-hydrogen) atoms. The van der Waals surface area contributed by atoms with Gasteiger partial charge in [0.2, 0.25) is 0 Å². The van der Waals surface area contributed by atoms with Gasteiger partial charge < -0.3 is 44.3 Å². The molecule has 310 valence electrons. The van der Waals surface area contributed by atoms with E-state index in [4.69, 9.17) is 23.7 Å². The van der Waals surface area contributed by atoms with Crippen molar-refractivity contribution in [2.24, 2.45) is 16.7 Å². The Morgan fingerprint density at radius 1 is 0.879 bits per heavy atom. The fourth-order valence-corrected chi connectivity index (χ4v) is 9.94. The molecule has 2 aromatic rings. The van der Waals surface area contributed by atoms with Gasteiger partial charge in [0, 0.05) is 37.7 Å². The molecule has 0 radical (unpaired) electrons. The smallest absolute Gasteiger partial charge is 0.338 e. The number of ketones is 1. The summed E-state index contributed by atoms with van der Waals surface area (Å²) in [6.45, 7) is 8.03. The van der Waals surface area contributed by atoms with Gasteiger partial charge in [0.15, 0.2) is 23.6 Å². The largest absolute Gasteiger partial charge is 0.456 e. The normalized spacial score (nSPS) is 34.6. The summed E-state index contributed by atoms with van der Waals surface area (Å²) in [4.78, 5) is 82.4. The van der Waals surface area contributed by atoms with Gasteiger partial charge in [-0.3, -0.25) is 19.2 Å². The van der Waals surface area contributed by atoms with Gasteiger partial charge in [-0.15, -0.1) is 0 Å². The molecule has 4 N–H and O–H groups in total. The molecule has 1 amide bonds. The molecule has 4 aliphatic carbocycles. The van der Waals surface area contributed by atoms with Crippen molar-refractivity contribution in [3.05, 3.63) is 82.9 Å². The lowest BCUT2D eigenvalue weighted by Gasteiger charge is -2.67. The number of fused-ring (bicyclic) bond motifs is 5. The first kappa shape index (κ1) is 41.2.